The molecule has 0 atom stereocenters. The SMILES string of the molecule is NCCCCCNC(=O)c1ccc2nccnc2c1. The first kappa shape index (κ1) is 13.4. The van der Waals surface area contributed by atoms with Gasteiger partial charge in [0, 0.05) is 24.5 Å². The standard InChI is InChI=1S/C14H18N4O/c15-6-2-1-3-7-18-14(19)11-4-5-12-13(10-11)17-9-8-16-12/h4-5,8-10H,1-3,6-7,15H2,(H,18,19). The highest BCUT2D eigenvalue weighted by Gasteiger charge is 2.06. The third-order valence-electron chi connectivity index (χ3n) is 2.90. The van der Waals surface area contributed by atoms with E-state index in [0.29, 0.717) is 18.7 Å². The van der Waals surface area contributed by atoms with Gasteiger partial charge in [0.2, 0.25) is 0 Å². The van der Waals surface area contributed by atoms with Crippen LogP contribution in [0.15, 0.2) is 30.6 Å². The van der Waals surface area contributed by atoms with Crippen molar-refractivity contribution in [2.24, 2.45) is 5.73 Å². The van der Waals surface area contributed by atoms with E-state index < -0.39 is 0 Å². The zero-order valence-corrected chi connectivity index (χ0v) is 10.8. The van der Waals surface area contributed by atoms with E-state index in [1.165, 1.54) is 0 Å². The Morgan fingerprint density at radius 2 is 1.89 bits per heavy atom. The summed E-state index contributed by atoms with van der Waals surface area (Å²) in [5.74, 6) is -0.0692. The topological polar surface area (TPSA) is 80.9 Å². The van der Waals surface area contributed by atoms with Crippen LogP contribution in [0.4, 0.5) is 0 Å². The van der Waals surface area contributed by atoms with Gasteiger partial charge in [0.15, 0.2) is 0 Å². The fraction of sp³-hybridized carbons (Fsp3) is 0.357. The first-order chi connectivity index (χ1) is 9.31. The molecule has 0 bridgehead atoms. The quantitative estimate of drug-likeness (QED) is 0.769. The van der Waals surface area contributed by atoms with Crippen LogP contribution < -0.4 is 11.1 Å². The minimum absolute atomic E-state index is 0.0692. The summed E-state index contributed by atoms with van der Waals surface area (Å²) in [7, 11) is 0. The summed E-state index contributed by atoms with van der Waals surface area (Å²) >= 11 is 0. The Kier molecular flexibility index (Phi) is 4.80. The molecule has 2 rings (SSSR count). The number of carbonyl (C=O) groups excluding carboxylic acids is 1. The molecule has 1 aromatic carbocycles. The lowest BCUT2D eigenvalue weighted by Crippen LogP contribution is -2.24. The minimum atomic E-state index is -0.0692. The van der Waals surface area contributed by atoms with Crippen molar-refractivity contribution in [2.75, 3.05) is 13.1 Å². The Bertz CT molecular complexity index is 556. The summed E-state index contributed by atoms with van der Waals surface area (Å²) in [6.45, 7) is 1.38. The number of rotatable bonds is 6. The first-order valence-electron chi connectivity index (χ1n) is 6.50. The smallest absolute Gasteiger partial charge is 0.251 e. The molecule has 5 heteroatoms. The molecule has 2 aromatic rings. The zero-order chi connectivity index (χ0) is 13.5. The van der Waals surface area contributed by atoms with E-state index in [9.17, 15) is 4.79 Å². The summed E-state index contributed by atoms with van der Waals surface area (Å²) in [5, 5.41) is 2.89. The van der Waals surface area contributed by atoms with E-state index in [4.69, 9.17) is 5.73 Å². The number of carbonyl (C=O) groups is 1. The van der Waals surface area contributed by atoms with Crippen LogP contribution in [0.2, 0.25) is 0 Å². The molecule has 5 nitrogen and oxygen atoms in total. The molecule has 1 aromatic heterocycles. The number of nitrogens with two attached hydrogens (primary N) is 1. The molecule has 19 heavy (non-hydrogen) atoms. The molecular formula is C14H18N4O. The van der Waals surface area contributed by atoms with Crippen molar-refractivity contribution in [1.29, 1.82) is 0 Å². The van der Waals surface area contributed by atoms with Gasteiger partial charge in [-0.15, -0.1) is 0 Å². The predicted octanol–water partition coefficient (Wildman–Crippen LogP) is 1.49. The van der Waals surface area contributed by atoms with Gasteiger partial charge >= 0.3 is 0 Å². The summed E-state index contributed by atoms with van der Waals surface area (Å²) in [4.78, 5) is 20.3. The Balaban J connectivity index is 1.93. The van der Waals surface area contributed by atoms with Crippen molar-refractivity contribution in [3.05, 3.63) is 36.2 Å². The second-order valence-corrected chi connectivity index (χ2v) is 4.37. The van der Waals surface area contributed by atoms with Crippen LogP contribution in [0, 0.1) is 0 Å². The van der Waals surface area contributed by atoms with Gasteiger partial charge in [-0.05, 0) is 37.6 Å². The van der Waals surface area contributed by atoms with Crippen LogP contribution in [0.3, 0.4) is 0 Å². The van der Waals surface area contributed by atoms with Crippen molar-refractivity contribution in [2.45, 2.75) is 19.3 Å². The lowest BCUT2D eigenvalue weighted by atomic mass is 10.1. The van der Waals surface area contributed by atoms with E-state index in [1.807, 2.05) is 6.07 Å². The Hall–Kier alpha value is -2.01. The van der Waals surface area contributed by atoms with Crippen molar-refractivity contribution in [3.8, 4) is 0 Å². The predicted molar refractivity (Wildman–Crippen MR) is 74.8 cm³/mol. The highest BCUT2D eigenvalue weighted by molar-refractivity contribution is 5.97. The number of nitrogens with one attached hydrogen (secondary N) is 1. The average molecular weight is 258 g/mol. The molecule has 0 fully saturated rings. The summed E-state index contributed by atoms with van der Waals surface area (Å²) in [6, 6.07) is 5.34. The second-order valence-electron chi connectivity index (χ2n) is 4.37. The number of benzene rings is 1. The Morgan fingerprint density at radius 1 is 1.11 bits per heavy atom. The molecular weight excluding hydrogens is 240 g/mol. The normalized spacial score (nSPS) is 10.6. The van der Waals surface area contributed by atoms with E-state index >= 15 is 0 Å². The van der Waals surface area contributed by atoms with Crippen LogP contribution >= 0.6 is 0 Å². The Labute approximate surface area is 112 Å². The molecule has 0 radical (unpaired) electrons. The van der Waals surface area contributed by atoms with E-state index in [1.54, 1.807) is 24.5 Å². The number of amides is 1. The van der Waals surface area contributed by atoms with Crippen LogP contribution in [0.25, 0.3) is 11.0 Å². The molecule has 1 heterocycles. The van der Waals surface area contributed by atoms with E-state index in [-0.39, 0.29) is 5.91 Å². The van der Waals surface area contributed by atoms with Crippen LogP contribution in [-0.2, 0) is 0 Å². The van der Waals surface area contributed by atoms with Crippen molar-refractivity contribution < 1.29 is 4.79 Å². The lowest BCUT2D eigenvalue weighted by Gasteiger charge is -2.05. The summed E-state index contributed by atoms with van der Waals surface area (Å²) in [5.41, 5.74) is 7.56. The molecule has 0 saturated heterocycles. The average Bonchev–Trinajstić information content (AvgIpc) is 2.46. The van der Waals surface area contributed by atoms with Gasteiger partial charge in [-0.25, -0.2) is 0 Å². The van der Waals surface area contributed by atoms with Crippen molar-refractivity contribution in [1.82, 2.24) is 15.3 Å². The fourth-order valence-corrected chi connectivity index (χ4v) is 1.85. The van der Waals surface area contributed by atoms with Gasteiger partial charge in [-0.2, -0.15) is 0 Å². The number of fused-ring (bicyclic) bond motifs is 1. The number of unbranched alkanes of at least 4 members (excludes halogenated alkanes) is 2. The molecule has 3 N–H and O–H groups in total. The van der Waals surface area contributed by atoms with Gasteiger partial charge in [0.1, 0.15) is 0 Å². The van der Waals surface area contributed by atoms with Gasteiger partial charge in [0.25, 0.3) is 5.91 Å². The molecule has 0 aliphatic rings. The number of hydrogen-bond donors (Lipinski definition) is 2. The number of aromatic nitrogens is 2. The van der Waals surface area contributed by atoms with Crippen molar-refractivity contribution in [3.63, 3.8) is 0 Å². The number of hydrogen-bond acceptors (Lipinski definition) is 4. The van der Waals surface area contributed by atoms with E-state index in [2.05, 4.69) is 15.3 Å². The zero-order valence-electron chi connectivity index (χ0n) is 10.8. The molecule has 0 aliphatic heterocycles. The summed E-state index contributed by atoms with van der Waals surface area (Å²) in [6.07, 6.45) is 6.26. The number of nitrogens with zero attached hydrogens (tertiary/aromatic N) is 2. The molecule has 0 unspecified atom stereocenters. The van der Waals surface area contributed by atoms with Crippen molar-refractivity contribution >= 4 is 16.9 Å². The summed E-state index contributed by atoms with van der Waals surface area (Å²) < 4.78 is 0. The monoisotopic (exact) mass is 258 g/mol. The van der Waals surface area contributed by atoms with Gasteiger partial charge in [0.05, 0.1) is 11.0 Å². The molecule has 0 spiro atoms. The maximum atomic E-state index is 11.9. The fourth-order valence-electron chi connectivity index (χ4n) is 1.85. The van der Waals surface area contributed by atoms with Crippen LogP contribution in [0.1, 0.15) is 29.6 Å². The molecule has 0 saturated carbocycles. The maximum Gasteiger partial charge on any atom is 0.251 e. The second kappa shape index (κ2) is 6.80. The largest absolute Gasteiger partial charge is 0.352 e. The van der Waals surface area contributed by atoms with Crippen LogP contribution in [-0.4, -0.2) is 29.0 Å². The first-order valence-corrected chi connectivity index (χ1v) is 6.50. The minimum Gasteiger partial charge on any atom is -0.352 e. The van der Waals surface area contributed by atoms with E-state index in [0.717, 1.165) is 30.3 Å². The maximum absolute atomic E-state index is 11.9. The van der Waals surface area contributed by atoms with Gasteiger partial charge in [-0.3, -0.25) is 14.8 Å². The van der Waals surface area contributed by atoms with Crippen LogP contribution in [0.5, 0.6) is 0 Å². The highest BCUT2D eigenvalue weighted by Crippen LogP contribution is 2.10. The third kappa shape index (κ3) is 3.72. The third-order valence-corrected chi connectivity index (χ3v) is 2.90. The van der Waals surface area contributed by atoms with Gasteiger partial charge < -0.3 is 11.1 Å². The molecule has 100 valence electrons. The lowest BCUT2D eigenvalue weighted by molar-refractivity contribution is 0.0953. The molecule has 1 amide bonds. The molecule has 0 aliphatic carbocycles. The van der Waals surface area contributed by atoms with Gasteiger partial charge in [-0.1, -0.05) is 6.42 Å². The Morgan fingerprint density at radius 3 is 2.68 bits per heavy atom. The highest BCUT2D eigenvalue weighted by atomic mass is 16.1.